The Hall–Kier alpha value is -1.27. The number of thioether (sulfide) groups is 1. The van der Waals surface area contributed by atoms with Gasteiger partial charge < -0.3 is 4.74 Å². The van der Waals surface area contributed by atoms with Gasteiger partial charge in [-0.05, 0) is 12.1 Å². The number of nitrogens with zero attached hydrogens (tertiary/aromatic N) is 1. The highest BCUT2D eigenvalue weighted by molar-refractivity contribution is 8.00. The monoisotopic (exact) mass is 289 g/mol. The zero-order chi connectivity index (χ0) is 13.7. The van der Waals surface area contributed by atoms with E-state index in [1.807, 2.05) is 0 Å². The number of carbonyl (C=O) groups is 1. The first-order valence-electron chi connectivity index (χ1n) is 5.12. The number of halogens is 1. The van der Waals surface area contributed by atoms with Crippen molar-refractivity contribution in [3.05, 3.63) is 33.3 Å². The molecule has 0 saturated heterocycles. The van der Waals surface area contributed by atoms with Gasteiger partial charge in [0.2, 0.25) is 0 Å². The maximum atomic E-state index is 11.1. The summed E-state index contributed by atoms with van der Waals surface area (Å²) in [6.07, 6.45) is 0.185. The third-order valence-electron chi connectivity index (χ3n) is 2.14. The van der Waals surface area contributed by atoms with Crippen LogP contribution < -0.4 is 0 Å². The van der Waals surface area contributed by atoms with Gasteiger partial charge in [0.25, 0.3) is 0 Å². The van der Waals surface area contributed by atoms with Crippen LogP contribution in [-0.2, 0) is 9.53 Å². The van der Waals surface area contributed by atoms with Gasteiger partial charge in [-0.25, -0.2) is 0 Å². The molecule has 1 rings (SSSR count). The number of carbonyl (C=O) groups excluding carboxylic acids is 1. The molecule has 0 N–H and O–H groups in total. The number of esters is 1. The van der Waals surface area contributed by atoms with Gasteiger partial charge >= 0.3 is 11.7 Å². The second-order valence-corrected chi connectivity index (χ2v) is 5.44. The van der Waals surface area contributed by atoms with Crippen LogP contribution in [0.2, 0.25) is 5.02 Å². The van der Waals surface area contributed by atoms with Crippen LogP contribution in [0.3, 0.4) is 0 Å². The third-order valence-corrected chi connectivity index (χ3v) is 3.60. The summed E-state index contributed by atoms with van der Waals surface area (Å²) in [5.41, 5.74) is -0.124. The number of para-hydroxylation sites is 1. The molecule has 5 nitrogen and oxygen atoms in total. The quantitative estimate of drug-likeness (QED) is 0.360. The maximum absolute atomic E-state index is 11.1. The Morgan fingerprint density at radius 3 is 2.83 bits per heavy atom. The van der Waals surface area contributed by atoms with Crippen molar-refractivity contribution in [3.8, 4) is 0 Å². The number of nitro benzene ring substituents is 1. The number of hydrogen-bond donors (Lipinski definition) is 0. The standard InChI is InChI=1S/C11H12ClNO4S/c1-7(6-10(14)17-2)18-9-5-3-4-8(12)11(9)13(15)16/h3-5,7H,6H2,1-2H3. The fraction of sp³-hybridized carbons (Fsp3) is 0.364. The molecule has 0 saturated carbocycles. The van der Waals surface area contributed by atoms with Gasteiger partial charge in [-0.1, -0.05) is 24.6 Å². The van der Waals surface area contributed by atoms with Crippen molar-refractivity contribution in [2.24, 2.45) is 0 Å². The van der Waals surface area contributed by atoms with Crippen LogP contribution in [0.4, 0.5) is 5.69 Å². The molecule has 0 aromatic heterocycles. The summed E-state index contributed by atoms with van der Waals surface area (Å²) in [6, 6.07) is 4.72. The van der Waals surface area contributed by atoms with Crippen molar-refractivity contribution < 1.29 is 14.5 Å². The van der Waals surface area contributed by atoms with Crippen LogP contribution in [0.15, 0.2) is 23.1 Å². The molecule has 0 spiro atoms. The summed E-state index contributed by atoms with van der Waals surface area (Å²) in [7, 11) is 1.31. The van der Waals surface area contributed by atoms with Crippen molar-refractivity contribution in [3.63, 3.8) is 0 Å². The van der Waals surface area contributed by atoms with Crippen molar-refractivity contribution in [2.75, 3.05) is 7.11 Å². The first kappa shape index (κ1) is 14.8. The predicted octanol–water partition coefficient (Wildman–Crippen LogP) is 3.29. The van der Waals surface area contributed by atoms with Crippen LogP contribution in [0.1, 0.15) is 13.3 Å². The molecule has 0 aliphatic rings. The summed E-state index contributed by atoms with van der Waals surface area (Å²) >= 11 is 7.02. The van der Waals surface area contributed by atoms with Gasteiger partial charge in [0.15, 0.2) is 0 Å². The van der Waals surface area contributed by atoms with E-state index in [0.717, 1.165) is 0 Å². The second kappa shape index (κ2) is 6.61. The largest absolute Gasteiger partial charge is 0.469 e. The van der Waals surface area contributed by atoms with E-state index in [9.17, 15) is 14.9 Å². The van der Waals surface area contributed by atoms with Crippen LogP contribution >= 0.6 is 23.4 Å². The molecule has 1 aromatic rings. The topological polar surface area (TPSA) is 69.4 Å². The molecule has 0 heterocycles. The molecule has 0 aliphatic heterocycles. The molecule has 7 heteroatoms. The molecule has 0 bridgehead atoms. The van der Waals surface area contributed by atoms with Crippen molar-refractivity contribution >= 4 is 35.0 Å². The summed E-state index contributed by atoms with van der Waals surface area (Å²) in [5, 5.41) is 10.9. The summed E-state index contributed by atoms with van der Waals surface area (Å²) in [5.74, 6) is -0.348. The minimum atomic E-state index is -0.518. The minimum Gasteiger partial charge on any atom is -0.469 e. The number of methoxy groups -OCH3 is 1. The molecule has 98 valence electrons. The second-order valence-electron chi connectivity index (χ2n) is 3.55. The zero-order valence-electron chi connectivity index (χ0n) is 9.88. The zero-order valence-corrected chi connectivity index (χ0v) is 11.5. The molecule has 0 fully saturated rings. The predicted molar refractivity (Wildman–Crippen MR) is 70.1 cm³/mol. The molecule has 18 heavy (non-hydrogen) atoms. The van der Waals surface area contributed by atoms with E-state index in [1.54, 1.807) is 19.1 Å². The Morgan fingerprint density at radius 2 is 2.28 bits per heavy atom. The van der Waals surface area contributed by atoms with Crippen LogP contribution in [-0.4, -0.2) is 23.3 Å². The van der Waals surface area contributed by atoms with E-state index < -0.39 is 4.92 Å². The van der Waals surface area contributed by atoms with Crippen LogP contribution in [0.25, 0.3) is 0 Å². The fourth-order valence-corrected chi connectivity index (χ4v) is 2.75. The minimum absolute atomic E-state index is 0.0928. The first-order chi connectivity index (χ1) is 8.45. The van der Waals surface area contributed by atoms with Crippen LogP contribution in [0.5, 0.6) is 0 Å². The van der Waals surface area contributed by atoms with Gasteiger partial charge in [0.1, 0.15) is 5.02 Å². The normalized spacial score (nSPS) is 11.9. The fourth-order valence-electron chi connectivity index (χ4n) is 1.34. The van der Waals surface area contributed by atoms with Crippen molar-refractivity contribution in [1.82, 2.24) is 0 Å². The Bertz CT molecular complexity index is 466. The lowest BCUT2D eigenvalue weighted by atomic mass is 10.3. The molecule has 1 aromatic carbocycles. The lowest BCUT2D eigenvalue weighted by molar-refractivity contribution is -0.387. The highest BCUT2D eigenvalue weighted by Gasteiger charge is 2.21. The Labute approximate surface area is 114 Å². The first-order valence-corrected chi connectivity index (χ1v) is 6.37. The number of hydrogen-bond acceptors (Lipinski definition) is 5. The molecule has 0 amide bonds. The lowest BCUT2D eigenvalue weighted by Gasteiger charge is -2.10. The van der Waals surface area contributed by atoms with Gasteiger partial charge in [-0.2, -0.15) is 0 Å². The van der Waals surface area contributed by atoms with E-state index in [2.05, 4.69) is 4.74 Å². The average Bonchev–Trinajstić information content (AvgIpc) is 2.28. The Morgan fingerprint density at radius 1 is 1.61 bits per heavy atom. The molecule has 1 unspecified atom stereocenters. The van der Waals surface area contributed by atoms with E-state index in [0.29, 0.717) is 4.90 Å². The molecule has 1 atom stereocenters. The number of nitro groups is 1. The summed E-state index contributed by atoms with van der Waals surface area (Å²) in [6.45, 7) is 1.80. The van der Waals surface area contributed by atoms with E-state index in [4.69, 9.17) is 11.6 Å². The summed E-state index contributed by atoms with van der Waals surface area (Å²) < 4.78 is 4.55. The van der Waals surface area contributed by atoms with Crippen molar-refractivity contribution in [1.29, 1.82) is 0 Å². The molecular formula is C11H12ClNO4S. The van der Waals surface area contributed by atoms with E-state index in [1.165, 1.54) is 24.9 Å². The third kappa shape index (κ3) is 3.89. The number of ether oxygens (including phenoxy) is 1. The summed E-state index contributed by atoms with van der Waals surface area (Å²) in [4.78, 5) is 22.0. The average molecular weight is 290 g/mol. The van der Waals surface area contributed by atoms with Gasteiger partial charge in [0.05, 0.1) is 23.3 Å². The molecule has 0 radical (unpaired) electrons. The smallest absolute Gasteiger partial charge is 0.306 e. The molecule has 0 aliphatic carbocycles. The van der Waals surface area contributed by atoms with Crippen LogP contribution in [0, 0.1) is 10.1 Å². The highest BCUT2D eigenvalue weighted by atomic mass is 35.5. The van der Waals surface area contributed by atoms with Gasteiger partial charge in [-0.3, -0.25) is 14.9 Å². The van der Waals surface area contributed by atoms with Gasteiger partial charge in [0, 0.05) is 5.25 Å². The lowest BCUT2D eigenvalue weighted by Crippen LogP contribution is -2.08. The number of rotatable bonds is 5. The SMILES string of the molecule is COC(=O)CC(C)Sc1cccc(Cl)c1[N+](=O)[O-]. The van der Waals surface area contributed by atoms with Gasteiger partial charge in [-0.15, -0.1) is 11.8 Å². The highest BCUT2D eigenvalue weighted by Crippen LogP contribution is 2.37. The van der Waals surface area contributed by atoms with Crippen molar-refractivity contribution in [2.45, 2.75) is 23.5 Å². The number of benzene rings is 1. The molecular weight excluding hydrogens is 278 g/mol. The Kier molecular flexibility index (Phi) is 5.43. The van der Waals surface area contributed by atoms with E-state index >= 15 is 0 Å². The Balaban J connectivity index is 2.87. The maximum Gasteiger partial charge on any atom is 0.306 e. The van der Waals surface area contributed by atoms with E-state index in [-0.39, 0.29) is 28.4 Å².